The van der Waals surface area contributed by atoms with Crippen LogP contribution in [0.5, 0.6) is 0 Å². The lowest BCUT2D eigenvalue weighted by Gasteiger charge is -2.06. The Morgan fingerprint density at radius 1 is 0.774 bits per heavy atom. The second kappa shape index (κ2) is 8.95. The van der Waals surface area contributed by atoms with Crippen LogP contribution in [0.3, 0.4) is 0 Å². The second-order valence-electron chi connectivity index (χ2n) is 6.25. The number of pyridine rings is 1. The summed E-state index contributed by atoms with van der Waals surface area (Å²) in [6.45, 7) is 0. The summed E-state index contributed by atoms with van der Waals surface area (Å²) in [6, 6.07) is 21.5. The highest BCUT2D eigenvalue weighted by Gasteiger charge is 2.20. The molecule has 0 saturated heterocycles. The molecule has 0 spiro atoms. The summed E-state index contributed by atoms with van der Waals surface area (Å²) >= 11 is 11.8. The van der Waals surface area contributed by atoms with Gasteiger partial charge in [-0.05, 0) is 24.3 Å². The molecule has 4 aromatic rings. The van der Waals surface area contributed by atoms with Gasteiger partial charge in [0.15, 0.2) is 5.82 Å². The van der Waals surface area contributed by atoms with Gasteiger partial charge in [-0.3, -0.25) is 20.4 Å². The summed E-state index contributed by atoms with van der Waals surface area (Å²) < 4.78 is 1.56. The Morgan fingerprint density at radius 2 is 1.42 bits per heavy atom. The van der Waals surface area contributed by atoms with Gasteiger partial charge < -0.3 is 0 Å². The van der Waals surface area contributed by atoms with Crippen molar-refractivity contribution in [3.8, 4) is 17.1 Å². The van der Waals surface area contributed by atoms with E-state index in [0.29, 0.717) is 5.82 Å². The van der Waals surface area contributed by atoms with Gasteiger partial charge in [0.25, 0.3) is 5.91 Å². The average molecular weight is 453 g/mol. The predicted octanol–water partition coefficient (Wildman–Crippen LogP) is 3.71. The lowest BCUT2D eigenvalue weighted by atomic mass is 10.2. The van der Waals surface area contributed by atoms with Gasteiger partial charge in [-0.15, -0.1) is 5.10 Å². The number of hydrogen-bond acceptors (Lipinski definition) is 5. The fraction of sp³-hybridized carbons (Fsp3) is 0. The largest absolute Gasteiger partial charge is 0.309 e. The smallest absolute Gasteiger partial charge is 0.266 e. The fourth-order valence-electron chi connectivity index (χ4n) is 2.74. The topological polar surface area (TPSA) is 102 Å². The molecule has 154 valence electrons. The molecular weight excluding hydrogens is 439 g/mol. The van der Waals surface area contributed by atoms with Gasteiger partial charge in [-0.25, -0.2) is 14.6 Å². The summed E-state index contributed by atoms with van der Waals surface area (Å²) in [5.74, 6) is -1.10. The number of aromatic nitrogens is 4. The number of carbonyl (C=O) groups excluding carboxylic acids is 2. The quantitative estimate of drug-likeness (QED) is 0.362. The zero-order valence-corrected chi connectivity index (χ0v) is 17.3. The summed E-state index contributed by atoms with van der Waals surface area (Å²) in [6.07, 6.45) is 0. The normalized spacial score (nSPS) is 10.5. The molecule has 0 aliphatic heterocycles. The minimum Gasteiger partial charge on any atom is -0.266 e. The first kappa shape index (κ1) is 20.5. The van der Waals surface area contributed by atoms with Gasteiger partial charge in [-0.2, -0.15) is 0 Å². The van der Waals surface area contributed by atoms with E-state index in [1.807, 2.05) is 60.7 Å². The number of para-hydroxylation sites is 1. The zero-order valence-electron chi connectivity index (χ0n) is 15.8. The van der Waals surface area contributed by atoms with E-state index < -0.39 is 11.8 Å². The van der Waals surface area contributed by atoms with Crippen LogP contribution in [0.4, 0.5) is 0 Å². The van der Waals surface area contributed by atoms with Gasteiger partial charge in [0.2, 0.25) is 5.82 Å². The Hall–Kier alpha value is -3.75. The predicted molar refractivity (Wildman–Crippen MR) is 116 cm³/mol. The first-order chi connectivity index (χ1) is 15.0. The molecule has 31 heavy (non-hydrogen) atoms. The molecule has 2 aromatic heterocycles. The number of nitrogens with one attached hydrogen (secondary N) is 2. The van der Waals surface area contributed by atoms with E-state index >= 15 is 0 Å². The van der Waals surface area contributed by atoms with E-state index in [9.17, 15) is 9.59 Å². The van der Waals surface area contributed by atoms with E-state index in [4.69, 9.17) is 23.2 Å². The van der Waals surface area contributed by atoms with Crippen molar-refractivity contribution in [3.63, 3.8) is 0 Å². The van der Waals surface area contributed by atoms with Crippen LogP contribution >= 0.6 is 23.2 Å². The Morgan fingerprint density at radius 3 is 2.13 bits per heavy atom. The maximum atomic E-state index is 12.6. The molecule has 0 aliphatic rings. The third kappa shape index (κ3) is 4.55. The minimum atomic E-state index is -0.730. The van der Waals surface area contributed by atoms with Crippen LogP contribution in [-0.2, 0) is 0 Å². The average Bonchev–Trinajstić information content (AvgIpc) is 3.26. The molecule has 10 heteroatoms. The monoisotopic (exact) mass is 452 g/mol. The summed E-state index contributed by atoms with van der Waals surface area (Å²) in [7, 11) is 0. The van der Waals surface area contributed by atoms with Crippen LogP contribution in [-0.4, -0.2) is 31.6 Å². The third-order valence-electron chi connectivity index (χ3n) is 4.16. The zero-order chi connectivity index (χ0) is 21.8. The SMILES string of the molecule is O=C(NNC(=O)c1nc(Cl)ccc1Cl)c1nc(-c2ccccc2)n(-c2ccccc2)n1. The molecule has 2 N–H and O–H groups in total. The van der Waals surface area contributed by atoms with Gasteiger partial charge in [0, 0.05) is 5.56 Å². The van der Waals surface area contributed by atoms with Crippen molar-refractivity contribution in [2.75, 3.05) is 0 Å². The van der Waals surface area contributed by atoms with Crippen molar-refractivity contribution in [2.24, 2.45) is 0 Å². The van der Waals surface area contributed by atoms with Gasteiger partial charge in [0.05, 0.1) is 10.7 Å². The highest BCUT2D eigenvalue weighted by Crippen LogP contribution is 2.21. The van der Waals surface area contributed by atoms with Crippen molar-refractivity contribution in [3.05, 3.63) is 94.5 Å². The first-order valence-electron chi connectivity index (χ1n) is 9.03. The number of halogens is 2. The molecule has 8 nitrogen and oxygen atoms in total. The molecule has 4 rings (SSSR count). The van der Waals surface area contributed by atoms with Crippen LogP contribution in [0.1, 0.15) is 21.1 Å². The molecule has 0 saturated carbocycles. The standard InChI is InChI=1S/C21H14Cl2N6O2/c22-15-11-12-16(23)24-17(15)20(30)26-27-21(31)18-25-19(13-7-3-1-4-8-13)29(28-18)14-9-5-2-6-10-14/h1-12H,(H,26,30)(H,27,31). The van der Waals surface area contributed by atoms with E-state index in [1.54, 1.807) is 4.68 Å². The minimum absolute atomic E-state index is 0.0917. The number of carbonyl (C=O) groups is 2. The number of amides is 2. The highest BCUT2D eigenvalue weighted by molar-refractivity contribution is 6.34. The maximum absolute atomic E-state index is 12.6. The van der Waals surface area contributed by atoms with Crippen LogP contribution in [0.15, 0.2) is 72.8 Å². The summed E-state index contributed by atoms with van der Waals surface area (Å²) in [4.78, 5) is 33.1. The number of hydrazine groups is 1. The van der Waals surface area contributed by atoms with E-state index in [2.05, 4.69) is 25.9 Å². The molecule has 2 heterocycles. The van der Waals surface area contributed by atoms with Gasteiger partial charge >= 0.3 is 5.91 Å². The van der Waals surface area contributed by atoms with E-state index in [-0.39, 0.29) is 21.7 Å². The molecule has 0 fully saturated rings. The second-order valence-corrected chi connectivity index (χ2v) is 7.04. The molecule has 0 bridgehead atoms. The lowest BCUT2D eigenvalue weighted by Crippen LogP contribution is -2.42. The Balaban J connectivity index is 1.59. The lowest BCUT2D eigenvalue weighted by molar-refractivity contribution is 0.0838. The van der Waals surface area contributed by atoms with Crippen molar-refractivity contribution in [1.29, 1.82) is 0 Å². The van der Waals surface area contributed by atoms with Crippen LogP contribution in [0, 0.1) is 0 Å². The van der Waals surface area contributed by atoms with E-state index in [0.717, 1.165) is 11.3 Å². The van der Waals surface area contributed by atoms with Crippen molar-refractivity contribution >= 4 is 35.0 Å². The highest BCUT2D eigenvalue weighted by atomic mass is 35.5. The Kier molecular flexibility index (Phi) is 5.92. The number of benzene rings is 2. The van der Waals surface area contributed by atoms with Crippen molar-refractivity contribution in [1.82, 2.24) is 30.6 Å². The fourth-order valence-corrected chi connectivity index (χ4v) is 3.08. The van der Waals surface area contributed by atoms with Crippen molar-refractivity contribution < 1.29 is 9.59 Å². The molecule has 0 atom stereocenters. The Labute approximate surface area is 186 Å². The van der Waals surface area contributed by atoms with Crippen LogP contribution in [0.2, 0.25) is 10.2 Å². The number of rotatable bonds is 4. The number of hydrogen-bond donors (Lipinski definition) is 2. The molecule has 0 radical (unpaired) electrons. The molecular formula is C21H14Cl2N6O2. The van der Waals surface area contributed by atoms with Crippen LogP contribution in [0.25, 0.3) is 17.1 Å². The van der Waals surface area contributed by atoms with Crippen molar-refractivity contribution in [2.45, 2.75) is 0 Å². The van der Waals surface area contributed by atoms with Crippen LogP contribution < -0.4 is 10.9 Å². The molecule has 0 aliphatic carbocycles. The van der Waals surface area contributed by atoms with Gasteiger partial charge in [0.1, 0.15) is 10.8 Å². The molecule has 2 aromatic carbocycles. The first-order valence-corrected chi connectivity index (χ1v) is 9.79. The number of nitrogens with zero attached hydrogens (tertiary/aromatic N) is 4. The van der Waals surface area contributed by atoms with Gasteiger partial charge in [-0.1, -0.05) is 71.7 Å². The summed E-state index contributed by atoms with van der Waals surface area (Å²) in [5, 5.41) is 4.50. The maximum Gasteiger partial charge on any atom is 0.309 e. The third-order valence-corrected chi connectivity index (χ3v) is 4.68. The Bertz CT molecular complexity index is 1190. The molecule has 0 unspecified atom stereocenters. The molecule has 2 amide bonds. The summed E-state index contributed by atoms with van der Waals surface area (Å²) in [5.41, 5.74) is 5.89. The van der Waals surface area contributed by atoms with E-state index in [1.165, 1.54) is 12.1 Å².